The number of furan rings is 1. The van der Waals surface area contributed by atoms with Crippen LogP contribution in [0, 0.1) is 5.41 Å². The summed E-state index contributed by atoms with van der Waals surface area (Å²) in [7, 11) is 0. The third-order valence-corrected chi connectivity index (χ3v) is 1.68. The fraction of sp³-hybridized carbons (Fsp3) is 0.455. The van der Waals surface area contributed by atoms with Crippen molar-refractivity contribution in [3.05, 3.63) is 36.8 Å². The molecule has 0 radical (unpaired) electrons. The van der Waals surface area contributed by atoms with E-state index < -0.39 is 0 Å². The van der Waals surface area contributed by atoms with Gasteiger partial charge in [-0.25, -0.2) is 0 Å². The lowest BCUT2D eigenvalue weighted by molar-refractivity contribution is 0.0912. The van der Waals surface area contributed by atoms with E-state index in [1.807, 2.05) is 12.1 Å². The summed E-state index contributed by atoms with van der Waals surface area (Å²) in [6.45, 7) is 6.00. The Bertz CT molecular complexity index is 217. The van der Waals surface area contributed by atoms with Crippen LogP contribution in [0.2, 0.25) is 0 Å². The molecule has 0 bridgehead atoms. The zero-order valence-electron chi connectivity index (χ0n) is 8.19. The fourth-order valence-electron chi connectivity index (χ4n) is 1.03. The third kappa shape index (κ3) is 4.53. The molecule has 0 aliphatic carbocycles. The van der Waals surface area contributed by atoms with E-state index in [1.165, 1.54) is 0 Å². The topological polar surface area (TPSA) is 22.4 Å². The van der Waals surface area contributed by atoms with Gasteiger partial charge >= 0.3 is 0 Å². The zero-order valence-corrected chi connectivity index (χ0v) is 8.19. The average Bonchev–Trinajstić information content (AvgIpc) is 2.60. The zero-order chi connectivity index (χ0) is 9.57. The van der Waals surface area contributed by atoms with E-state index in [-0.39, 0.29) is 5.41 Å². The molecule has 0 spiro atoms. The van der Waals surface area contributed by atoms with E-state index in [0.29, 0.717) is 0 Å². The Morgan fingerprint density at radius 2 is 1.85 bits per heavy atom. The van der Waals surface area contributed by atoms with Crippen molar-refractivity contribution in [2.45, 2.75) is 13.8 Å². The minimum Gasteiger partial charge on any atom is -0.473 e. The number of hydrogen-bond acceptors (Lipinski definition) is 2. The van der Waals surface area contributed by atoms with Gasteiger partial charge in [0.2, 0.25) is 0 Å². The van der Waals surface area contributed by atoms with E-state index in [9.17, 15) is 0 Å². The summed E-state index contributed by atoms with van der Waals surface area (Å²) in [6.07, 6.45) is 7.53. The van der Waals surface area contributed by atoms with Crippen molar-refractivity contribution in [1.82, 2.24) is 0 Å². The minimum atomic E-state index is 0.276. The first-order valence-electron chi connectivity index (χ1n) is 4.43. The molecule has 2 heteroatoms. The van der Waals surface area contributed by atoms with Crippen molar-refractivity contribution in [1.29, 1.82) is 0 Å². The molecule has 1 aliphatic heterocycles. The molecule has 0 unspecified atom stereocenters. The number of rotatable bonds is 0. The lowest BCUT2D eigenvalue weighted by Crippen LogP contribution is -2.20. The summed E-state index contributed by atoms with van der Waals surface area (Å²) < 4.78 is 9.78. The Hall–Kier alpha value is -1.02. The maximum atomic E-state index is 5.20. The summed E-state index contributed by atoms with van der Waals surface area (Å²) in [4.78, 5) is 0. The summed E-state index contributed by atoms with van der Waals surface area (Å²) in [5.74, 6) is 0. The normalized spacial score (nSPS) is 18.9. The van der Waals surface area contributed by atoms with Crippen molar-refractivity contribution in [3.63, 3.8) is 0 Å². The summed E-state index contributed by atoms with van der Waals surface area (Å²) in [6, 6.07) is 3.67. The van der Waals surface area contributed by atoms with Crippen LogP contribution in [0.1, 0.15) is 13.8 Å². The van der Waals surface area contributed by atoms with Crippen LogP contribution in [0.15, 0.2) is 41.2 Å². The van der Waals surface area contributed by atoms with Crippen LogP contribution in [-0.2, 0) is 4.74 Å². The predicted octanol–water partition coefficient (Wildman–Crippen LogP) is 2.88. The fourth-order valence-corrected chi connectivity index (χ4v) is 1.03. The molecule has 2 heterocycles. The first-order chi connectivity index (χ1) is 6.21. The molecule has 1 aromatic rings. The summed E-state index contributed by atoms with van der Waals surface area (Å²) in [5.41, 5.74) is 0.276. The molecule has 0 aromatic carbocycles. The Labute approximate surface area is 79.2 Å². The van der Waals surface area contributed by atoms with Gasteiger partial charge in [-0.15, -0.1) is 0 Å². The molecule has 72 valence electrons. The molecule has 0 saturated carbocycles. The molecule has 1 aromatic heterocycles. The second-order valence-electron chi connectivity index (χ2n) is 3.70. The SMILES string of the molecule is CC1(C)C=CCOC1.c1ccoc1. The van der Waals surface area contributed by atoms with Crippen LogP contribution < -0.4 is 0 Å². The lowest BCUT2D eigenvalue weighted by atomic mass is 9.93. The second kappa shape index (κ2) is 4.87. The van der Waals surface area contributed by atoms with Gasteiger partial charge in [-0.3, -0.25) is 0 Å². The summed E-state index contributed by atoms with van der Waals surface area (Å²) >= 11 is 0. The van der Waals surface area contributed by atoms with Gasteiger partial charge < -0.3 is 9.15 Å². The van der Waals surface area contributed by atoms with Gasteiger partial charge in [-0.1, -0.05) is 26.0 Å². The van der Waals surface area contributed by atoms with Crippen LogP contribution in [0.3, 0.4) is 0 Å². The Morgan fingerprint density at radius 3 is 2.08 bits per heavy atom. The van der Waals surface area contributed by atoms with Crippen LogP contribution in [0.25, 0.3) is 0 Å². The molecule has 0 fully saturated rings. The van der Waals surface area contributed by atoms with Crippen LogP contribution >= 0.6 is 0 Å². The molecule has 13 heavy (non-hydrogen) atoms. The van der Waals surface area contributed by atoms with E-state index in [2.05, 4.69) is 30.4 Å². The van der Waals surface area contributed by atoms with Crippen molar-refractivity contribution in [3.8, 4) is 0 Å². The molecule has 0 N–H and O–H groups in total. The number of ether oxygens (including phenoxy) is 1. The molecule has 0 atom stereocenters. The van der Waals surface area contributed by atoms with Crippen LogP contribution in [0.4, 0.5) is 0 Å². The average molecular weight is 180 g/mol. The predicted molar refractivity (Wildman–Crippen MR) is 52.4 cm³/mol. The smallest absolute Gasteiger partial charge is 0.0902 e. The highest BCUT2D eigenvalue weighted by Crippen LogP contribution is 2.19. The van der Waals surface area contributed by atoms with E-state index in [4.69, 9.17) is 4.74 Å². The second-order valence-corrected chi connectivity index (χ2v) is 3.70. The van der Waals surface area contributed by atoms with Crippen molar-refractivity contribution in [2.75, 3.05) is 13.2 Å². The Kier molecular flexibility index (Phi) is 3.77. The van der Waals surface area contributed by atoms with Crippen molar-refractivity contribution < 1.29 is 9.15 Å². The molecule has 1 aliphatic rings. The van der Waals surface area contributed by atoms with Crippen molar-refractivity contribution in [2.24, 2.45) is 5.41 Å². The highest BCUT2D eigenvalue weighted by Gasteiger charge is 2.15. The summed E-state index contributed by atoms with van der Waals surface area (Å²) in [5, 5.41) is 0. The largest absolute Gasteiger partial charge is 0.473 e. The van der Waals surface area contributed by atoms with Crippen LogP contribution in [0.5, 0.6) is 0 Å². The van der Waals surface area contributed by atoms with Gasteiger partial charge in [0, 0.05) is 5.41 Å². The lowest BCUT2D eigenvalue weighted by Gasteiger charge is -2.23. The number of hydrogen-bond donors (Lipinski definition) is 0. The molecule has 2 nitrogen and oxygen atoms in total. The third-order valence-electron chi connectivity index (χ3n) is 1.68. The molecule has 0 saturated heterocycles. The maximum Gasteiger partial charge on any atom is 0.0902 e. The Morgan fingerprint density at radius 1 is 1.15 bits per heavy atom. The van der Waals surface area contributed by atoms with Gasteiger partial charge in [-0.05, 0) is 12.1 Å². The quantitative estimate of drug-likeness (QED) is 0.573. The molecule has 0 amide bonds. The van der Waals surface area contributed by atoms with Crippen LogP contribution in [-0.4, -0.2) is 13.2 Å². The van der Waals surface area contributed by atoms with Gasteiger partial charge in [-0.2, -0.15) is 0 Å². The first kappa shape index (κ1) is 10.1. The molecular formula is C11H16O2. The standard InChI is InChI=1S/C7H12O.C4H4O/c1-7(2)4-3-5-8-6-7;1-2-4-5-3-1/h3-4H,5-6H2,1-2H3;1-4H. The van der Waals surface area contributed by atoms with E-state index >= 15 is 0 Å². The monoisotopic (exact) mass is 180 g/mol. The minimum absolute atomic E-state index is 0.276. The Balaban J connectivity index is 0.000000145. The first-order valence-corrected chi connectivity index (χ1v) is 4.43. The molecule has 2 rings (SSSR count). The van der Waals surface area contributed by atoms with E-state index in [0.717, 1.165) is 13.2 Å². The highest BCUT2D eigenvalue weighted by molar-refractivity contribution is 4.97. The maximum absolute atomic E-state index is 5.20. The van der Waals surface area contributed by atoms with E-state index in [1.54, 1.807) is 12.5 Å². The van der Waals surface area contributed by atoms with Crippen molar-refractivity contribution >= 4 is 0 Å². The molecular weight excluding hydrogens is 164 g/mol. The van der Waals surface area contributed by atoms with Gasteiger partial charge in [0.05, 0.1) is 25.7 Å². The van der Waals surface area contributed by atoms with Gasteiger partial charge in [0.15, 0.2) is 0 Å². The highest BCUT2D eigenvalue weighted by atomic mass is 16.5. The van der Waals surface area contributed by atoms with Gasteiger partial charge in [0.1, 0.15) is 0 Å². The van der Waals surface area contributed by atoms with Gasteiger partial charge in [0.25, 0.3) is 0 Å².